The SMILES string of the molecule is CC(C)C(O)(Cn1cncn1)c1ccc(C#Cc2ccccc2)cc1. The van der Waals surface area contributed by atoms with Gasteiger partial charge in [0.1, 0.15) is 18.3 Å². The van der Waals surface area contributed by atoms with E-state index in [2.05, 4.69) is 21.9 Å². The third kappa shape index (κ3) is 3.96. The van der Waals surface area contributed by atoms with E-state index in [0.29, 0.717) is 6.54 Å². The van der Waals surface area contributed by atoms with E-state index >= 15 is 0 Å². The maximum atomic E-state index is 11.2. The standard InChI is InChI=1S/C21H21N3O/c1-17(2)21(25,14-24-16-22-15-23-24)20-12-10-19(11-13-20)9-8-18-6-4-3-5-7-18/h3-7,10-13,15-17,25H,14H2,1-2H3. The van der Waals surface area contributed by atoms with Crippen LogP contribution in [0.25, 0.3) is 0 Å². The zero-order valence-corrected chi connectivity index (χ0v) is 14.4. The van der Waals surface area contributed by atoms with Crippen molar-refractivity contribution in [2.45, 2.75) is 26.0 Å². The average Bonchev–Trinajstić information content (AvgIpc) is 3.14. The number of aliphatic hydroxyl groups is 1. The third-order valence-electron chi connectivity index (χ3n) is 4.33. The molecule has 1 heterocycles. The Morgan fingerprint density at radius 2 is 1.64 bits per heavy atom. The lowest BCUT2D eigenvalue weighted by molar-refractivity contribution is -0.0295. The average molecular weight is 331 g/mol. The lowest BCUT2D eigenvalue weighted by atomic mass is 9.83. The van der Waals surface area contributed by atoms with E-state index in [4.69, 9.17) is 0 Å². The first-order valence-corrected chi connectivity index (χ1v) is 8.30. The van der Waals surface area contributed by atoms with Crippen molar-refractivity contribution in [1.82, 2.24) is 14.8 Å². The van der Waals surface area contributed by atoms with Crippen molar-refractivity contribution < 1.29 is 5.11 Å². The number of nitrogens with zero attached hydrogens (tertiary/aromatic N) is 3. The van der Waals surface area contributed by atoms with Crippen LogP contribution in [0.15, 0.2) is 67.3 Å². The molecule has 4 nitrogen and oxygen atoms in total. The molecule has 0 amide bonds. The summed E-state index contributed by atoms with van der Waals surface area (Å²) in [5, 5.41) is 15.3. The van der Waals surface area contributed by atoms with Crippen LogP contribution >= 0.6 is 0 Å². The topological polar surface area (TPSA) is 50.9 Å². The summed E-state index contributed by atoms with van der Waals surface area (Å²) in [5.41, 5.74) is 1.73. The van der Waals surface area contributed by atoms with Crippen LogP contribution in [0.5, 0.6) is 0 Å². The van der Waals surface area contributed by atoms with Gasteiger partial charge in [0.05, 0.1) is 6.54 Å². The van der Waals surface area contributed by atoms with Crippen molar-refractivity contribution in [3.05, 3.63) is 83.9 Å². The molecule has 3 aromatic rings. The Labute approximate surface area is 148 Å². The monoisotopic (exact) mass is 331 g/mol. The van der Waals surface area contributed by atoms with Crippen LogP contribution < -0.4 is 0 Å². The molecule has 0 fully saturated rings. The highest BCUT2D eigenvalue weighted by molar-refractivity contribution is 5.43. The Kier molecular flexibility index (Phi) is 4.97. The fraction of sp³-hybridized carbons (Fsp3) is 0.238. The van der Waals surface area contributed by atoms with E-state index in [1.54, 1.807) is 11.0 Å². The molecular weight excluding hydrogens is 310 g/mol. The summed E-state index contributed by atoms with van der Waals surface area (Å²) < 4.78 is 1.66. The van der Waals surface area contributed by atoms with E-state index in [1.807, 2.05) is 68.4 Å². The highest BCUT2D eigenvalue weighted by Crippen LogP contribution is 2.31. The second kappa shape index (κ2) is 7.33. The molecule has 0 bridgehead atoms. The second-order valence-corrected chi connectivity index (χ2v) is 6.37. The number of aromatic nitrogens is 3. The molecule has 0 spiro atoms. The molecule has 1 N–H and O–H groups in total. The molecule has 0 aliphatic carbocycles. The van der Waals surface area contributed by atoms with Gasteiger partial charge in [-0.1, -0.05) is 56.0 Å². The summed E-state index contributed by atoms with van der Waals surface area (Å²) >= 11 is 0. The van der Waals surface area contributed by atoms with Gasteiger partial charge in [-0.3, -0.25) is 0 Å². The minimum Gasteiger partial charge on any atom is -0.383 e. The van der Waals surface area contributed by atoms with Gasteiger partial charge in [-0.2, -0.15) is 5.10 Å². The summed E-state index contributed by atoms with van der Waals surface area (Å²) in [5.74, 6) is 6.32. The van der Waals surface area contributed by atoms with Gasteiger partial charge in [0, 0.05) is 11.1 Å². The van der Waals surface area contributed by atoms with Gasteiger partial charge in [-0.05, 0) is 35.7 Å². The van der Waals surface area contributed by atoms with Crippen molar-refractivity contribution in [3.8, 4) is 11.8 Å². The van der Waals surface area contributed by atoms with Crippen molar-refractivity contribution in [1.29, 1.82) is 0 Å². The largest absolute Gasteiger partial charge is 0.383 e. The van der Waals surface area contributed by atoms with E-state index in [9.17, 15) is 5.11 Å². The van der Waals surface area contributed by atoms with Crippen LogP contribution in [-0.4, -0.2) is 19.9 Å². The minimum absolute atomic E-state index is 0.0259. The Hall–Kier alpha value is -2.90. The molecule has 126 valence electrons. The summed E-state index contributed by atoms with van der Waals surface area (Å²) in [6, 6.07) is 17.6. The van der Waals surface area contributed by atoms with Crippen LogP contribution in [0, 0.1) is 17.8 Å². The van der Waals surface area contributed by atoms with E-state index in [-0.39, 0.29) is 5.92 Å². The number of hydrogen-bond donors (Lipinski definition) is 1. The van der Waals surface area contributed by atoms with E-state index < -0.39 is 5.60 Å². The molecule has 25 heavy (non-hydrogen) atoms. The molecule has 1 aromatic heterocycles. The summed E-state index contributed by atoms with van der Waals surface area (Å²) in [7, 11) is 0. The smallest absolute Gasteiger partial charge is 0.137 e. The van der Waals surface area contributed by atoms with Gasteiger partial charge in [0.25, 0.3) is 0 Å². The van der Waals surface area contributed by atoms with E-state index in [1.165, 1.54) is 6.33 Å². The van der Waals surface area contributed by atoms with Gasteiger partial charge in [0.2, 0.25) is 0 Å². The summed E-state index contributed by atoms with van der Waals surface area (Å²) in [6.07, 6.45) is 3.09. The predicted octanol–water partition coefficient (Wildman–Crippen LogP) is 3.22. The third-order valence-corrected chi connectivity index (χ3v) is 4.33. The van der Waals surface area contributed by atoms with Gasteiger partial charge >= 0.3 is 0 Å². The number of hydrogen-bond acceptors (Lipinski definition) is 3. The van der Waals surface area contributed by atoms with Crippen molar-refractivity contribution in [2.24, 2.45) is 5.92 Å². The quantitative estimate of drug-likeness (QED) is 0.747. The van der Waals surface area contributed by atoms with Gasteiger partial charge < -0.3 is 5.11 Å². The fourth-order valence-corrected chi connectivity index (χ4v) is 2.68. The first-order chi connectivity index (χ1) is 12.1. The van der Waals surface area contributed by atoms with Crippen molar-refractivity contribution in [2.75, 3.05) is 0 Å². The Morgan fingerprint density at radius 1 is 1.00 bits per heavy atom. The van der Waals surface area contributed by atoms with Crippen LogP contribution in [0.1, 0.15) is 30.5 Å². The summed E-state index contributed by atoms with van der Waals surface area (Å²) in [4.78, 5) is 3.95. The fourth-order valence-electron chi connectivity index (χ4n) is 2.68. The maximum absolute atomic E-state index is 11.2. The first kappa shape index (κ1) is 16.9. The maximum Gasteiger partial charge on any atom is 0.137 e. The molecule has 4 heteroatoms. The molecule has 1 atom stereocenters. The minimum atomic E-state index is -1.01. The molecule has 3 rings (SSSR count). The molecule has 0 radical (unpaired) electrons. The molecule has 2 aromatic carbocycles. The Balaban J connectivity index is 1.83. The van der Waals surface area contributed by atoms with Crippen molar-refractivity contribution in [3.63, 3.8) is 0 Å². The molecule has 0 aliphatic rings. The highest BCUT2D eigenvalue weighted by atomic mass is 16.3. The lowest BCUT2D eigenvalue weighted by Crippen LogP contribution is -2.37. The molecule has 0 saturated heterocycles. The Bertz CT molecular complexity index is 859. The predicted molar refractivity (Wildman–Crippen MR) is 97.6 cm³/mol. The van der Waals surface area contributed by atoms with Crippen LogP contribution in [0.2, 0.25) is 0 Å². The zero-order valence-electron chi connectivity index (χ0n) is 14.4. The highest BCUT2D eigenvalue weighted by Gasteiger charge is 2.34. The van der Waals surface area contributed by atoms with Gasteiger partial charge in [-0.15, -0.1) is 0 Å². The normalized spacial score (nSPS) is 13.1. The lowest BCUT2D eigenvalue weighted by Gasteiger charge is -2.32. The molecule has 0 saturated carbocycles. The Morgan fingerprint density at radius 3 is 2.20 bits per heavy atom. The number of benzene rings is 2. The van der Waals surface area contributed by atoms with Crippen LogP contribution in [-0.2, 0) is 12.1 Å². The molecular formula is C21H21N3O. The van der Waals surface area contributed by atoms with Gasteiger partial charge in [0.15, 0.2) is 0 Å². The zero-order chi connectivity index (χ0) is 17.7. The first-order valence-electron chi connectivity index (χ1n) is 8.30. The van der Waals surface area contributed by atoms with E-state index in [0.717, 1.165) is 16.7 Å². The van der Waals surface area contributed by atoms with Gasteiger partial charge in [-0.25, -0.2) is 9.67 Å². The molecule has 0 aliphatic heterocycles. The second-order valence-electron chi connectivity index (χ2n) is 6.37. The van der Waals surface area contributed by atoms with Crippen LogP contribution in [0.4, 0.5) is 0 Å². The van der Waals surface area contributed by atoms with Crippen LogP contribution in [0.3, 0.4) is 0 Å². The van der Waals surface area contributed by atoms with Crippen molar-refractivity contribution >= 4 is 0 Å². The number of rotatable bonds is 4. The molecule has 1 unspecified atom stereocenters. The summed E-state index contributed by atoms with van der Waals surface area (Å²) in [6.45, 7) is 4.36.